The molecule has 0 fully saturated rings. The Bertz CT molecular complexity index is 586. The third kappa shape index (κ3) is 1.65. The molecule has 1 atom stereocenters. The molecule has 3 rings (SSSR count). The third-order valence-electron chi connectivity index (χ3n) is 3.59. The molecule has 0 spiro atoms. The first-order valence-corrected chi connectivity index (χ1v) is 5.95. The van der Waals surface area contributed by atoms with Crippen molar-refractivity contribution in [2.45, 2.75) is 18.8 Å². The van der Waals surface area contributed by atoms with Gasteiger partial charge < -0.3 is 5.11 Å². The minimum Gasteiger partial charge on any atom is -0.395 e. The highest BCUT2D eigenvalue weighted by molar-refractivity contribution is 5.92. The maximum absolute atomic E-state index is 11.8. The molecule has 2 heteroatoms. The fraction of sp³-hybridized carbons (Fsp3) is 0.267. The Hall–Kier alpha value is -1.67. The van der Waals surface area contributed by atoms with Gasteiger partial charge in [-0.05, 0) is 28.3 Å². The summed E-state index contributed by atoms with van der Waals surface area (Å²) >= 11 is 0. The largest absolute Gasteiger partial charge is 0.395 e. The lowest BCUT2D eigenvalue weighted by Crippen LogP contribution is -2.23. The molecule has 86 valence electrons. The summed E-state index contributed by atoms with van der Waals surface area (Å²) in [5.74, 6) is -0.154. The van der Waals surface area contributed by atoms with Gasteiger partial charge in [0.25, 0.3) is 0 Å². The second-order valence-electron chi connectivity index (χ2n) is 4.60. The lowest BCUT2D eigenvalue weighted by atomic mass is 9.81. The lowest BCUT2D eigenvalue weighted by Gasteiger charge is -2.23. The number of hydrogen-bond acceptors (Lipinski definition) is 2. The molecule has 2 nitrogen and oxygen atoms in total. The molecule has 0 saturated heterocycles. The third-order valence-corrected chi connectivity index (χ3v) is 3.59. The number of fused-ring (bicyclic) bond motifs is 2. The summed E-state index contributed by atoms with van der Waals surface area (Å²) in [6, 6.07) is 12.4. The van der Waals surface area contributed by atoms with Crippen LogP contribution in [-0.4, -0.2) is 17.5 Å². The molecule has 0 radical (unpaired) electrons. The van der Waals surface area contributed by atoms with Crippen molar-refractivity contribution in [2.24, 2.45) is 0 Å². The number of ketones is 1. The van der Waals surface area contributed by atoms with Crippen LogP contribution < -0.4 is 0 Å². The van der Waals surface area contributed by atoms with E-state index in [0.29, 0.717) is 6.42 Å². The first-order valence-electron chi connectivity index (χ1n) is 5.95. The highest BCUT2D eigenvalue weighted by Gasteiger charge is 2.26. The van der Waals surface area contributed by atoms with Gasteiger partial charge in [0.1, 0.15) is 5.78 Å². The number of benzene rings is 2. The van der Waals surface area contributed by atoms with Crippen molar-refractivity contribution >= 4 is 16.6 Å². The minimum atomic E-state index is -0.316. The van der Waals surface area contributed by atoms with Gasteiger partial charge in [0.15, 0.2) is 0 Å². The number of aliphatic hydroxyl groups excluding tert-OH is 1. The molecule has 1 aliphatic carbocycles. The average Bonchev–Trinajstić information content (AvgIpc) is 2.36. The molecule has 17 heavy (non-hydrogen) atoms. The Morgan fingerprint density at radius 2 is 1.82 bits per heavy atom. The molecule has 0 bridgehead atoms. The molecule has 1 N–H and O–H groups in total. The zero-order valence-electron chi connectivity index (χ0n) is 9.52. The molecule has 0 heterocycles. The summed E-state index contributed by atoms with van der Waals surface area (Å²) < 4.78 is 0. The van der Waals surface area contributed by atoms with Gasteiger partial charge in [-0.2, -0.15) is 0 Å². The average molecular weight is 226 g/mol. The molecular formula is C15H14O2. The summed E-state index contributed by atoms with van der Waals surface area (Å²) in [7, 11) is 0. The van der Waals surface area contributed by atoms with E-state index in [1.165, 1.54) is 10.9 Å². The van der Waals surface area contributed by atoms with Gasteiger partial charge in [-0.15, -0.1) is 0 Å². The van der Waals surface area contributed by atoms with E-state index in [9.17, 15) is 9.90 Å². The monoisotopic (exact) mass is 226 g/mol. The number of Topliss-reactive ketones (excluding diaryl/α,β-unsaturated/α-hetero) is 1. The minimum absolute atomic E-state index is 0.0792. The van der Waals surface area contributed by atoms with E-state index >= 15 is 0 Å². The van der Waals surface area contributed by atoms with Crippen LogP contribution in [0.5, 0.6) is 0 Å². The summed E-state index contributed by atoms with van der Waals surface area (Å²) in [6.07, 6.45) is 1.35. The van der Waals surface area contributed by atoms with Gasteiger partial charge in [-0.3, -0.25) is 4.79 Å². The van der Waals surface area contributed by atoms with Gasteiger partial charge >= 0.3 is 0 Å². The van der Waals surface area contributed by atoms with Crippen molar-refractivity contribution < 1.29 is 9.90 Å². The number of carbonyl (C=O) groups is 1. The van der Waals surface area contributed by atoms with E-state index in [1.54, 1.807) is 0 Å². The Labute approximate surface area is 99.9 Å². The van der Waals surface area contributed by atoms with Crippen molar-refractivity contribution in [1.82, 2.24) is 0 Å². The molecule has 2 aromatic carbocycles. The predicted octanol–water partition coefficient (Wildman–Crippen LogP) is 2.43. The highest BCUT2D eigenvalue weighted by Crippen LogP contribution is 2.32. The van der Waals surface area contributed by atoms with E-state index in [1.807, 2.05) is 18.2 Å². The van der Waals surface area contributed by atoms with Gasteiger partial charge in [0.05, 0.1) is 12.5 Å². The molecule has 1 unspecified atom stereocenters. The van der Waals surface area contributed by atoms with Crippen LogP contribution in [0.25, 0.3) is 10.8 Å². The Morgan fingerprint density at radius 1 is 1.12 bits per heavy atom. The lowest BCUT2D eigenvalue weighted by molar-refractivity contribution is -0.121. The standard InChI is InChI=1S/C15H14O2/c16-9-14-13-8-11-4-2-1-3-10(11)7-12(13)5-6-15(14)17/h1-4,7-8,14,16H,5-6,9H2. The van der Waals surface area contributed by atoms with Crippen LogP contribution in [-0.2, 0) is 11.2 Å². The highest BCUT2D eigenvalue weighted by atomic mass is 16.3. The van der Waals surface area contributed by atoms with Crippen LogP contribution in [0.3, 0.4) is 0 Å². The SMILES string of the molecule is O=C1CCc2cc3ccccc3cc2C1CO. The first kappa shape index (κ1) is 10.5. The molecule has 1 aliphatic rings. The van der Waals surface area contributed by atoms with Crippen molar-refractivity contribution in [3.05, 3.63) is 47.5 Å². The van der Waals surface area contributed by atoms with Gasteiger partial charge in [0, 0.05) is 6.42 Å². The van der Waals surface area contributed by atoms with E-state index in [4.69, 9.17) is 0 Å². The number of aryl methyl sites for hydroxylation is 1. The topological polar surface area (TPSA) is 37.3 Å². The number of rotatable bonds is 1. The summed E-state index contributed by atoms with van der Waals surface area (Å²) in [6.45, 7) is -0.0792. The van der Waals surface area contributed by atoms with Crippen LogP contribution in [0.1, 0.15) is 23.5 Å². The fourth-order valence-corrected chi connectivity index (χ4v) is 2.65. The van der Waals surface area contributed by atoms with Crippen LogP contribution in [0, 0.1) is 0 Å². The summed E-state index contributed by atoms with van der Waals surface area (Å²) in [4.78, 5) is 11.8. The Balaban J connectivity index is 2.23. The quantitative estimate of drug-likeness (QED) is 0.810. The van der Waals surface area contributed by atoms with Crippen LogP contribution >= 0.6 is 0 Å². The van der Waals surface area contributed by atoms with E-state index in [0.717, 1.165) is 17.4 Å². The predicted molar refractivity (Wildman–Crippen MR) is 67.1 cm³/mol. The van der Waals surface area contributed by atoms with E-state index in [-0.39, 0.29) is 18.3 Å². The van der Waals surface area contributed by atoms with Crippen molar-refractivity contribution in [3.8, 4) is 0 Å². The number of aliphatic hydroxyl groups is 1. The maximum atomic E-state index is 11.8. The Morgan fingerprint density at radius 3 is 2.53 bits per heavy atom. The molecule has 0 amide bonds. The maximum Gasteiger partial charge on any atom is 0.142 e. The molecule has 0 saturated carbocycles. The normalized spacial score (nSPS) is 19.4. The first-order chi connectivity index (χ1) is 8.29. The number of carbonyl (C=O) groups excluding carboxylic acids is 1. The van der Waals surface area contributed by atoms with Gasteiger partial charge in [-0.25, -0.2) is 0 Å². The zero-order chi connectivity index (χ0) is 11.8. The summed E-state index contributed by atoms with van der Waals surface area (Å²) in [5, 5.41) is 11.7. The van der Waals surface area contributed by atoms with Crippen LogP contribution in [0.2, 0.25) is 0 Å². The van der Waals surface area contributed by atoms with Gasteiger partial charge in [0.2, 0.25) is 0 Å². The summed E-state index contributed by atoms with van der Waals surface area (Å²) in [5.41, 5.74) is 2.23. The zero-order valence-corrected chi connectivity index (χ0v) is 9.52. The van der Waals surface area contributed by atoms with Crippen molar-refractivity contribution in [1.29, 1.82) is 0 Å². The molecule has 0 aromatic heterocycles. The van der Waals surface area contributed by atoms with Crippen molar-refractivity contribution in [3.63, 3.8) is 0 Å². The Kier molecular flexibility index (Phi) is 2.45. The molecular weight excluding hydrogens is 212 g/mol. The van der Waals surface area contributed by atoms with Crippen LogP contribution in [0.15, 0.2) is 36.4 Å². The van der Waals surface area contributed by atoms with Crippen LogP contribution in [0.4, 0.5) is 0 Å². The number of hydrogen-bond donors (Lipinski definition) is 1. The van der Waals surface area contributed by atoms with E-state index in [2.05, 4.69) is 18.2 Å². The van der Waals surface area contributed by atoms with Crippen molar-refractivity contribution in [2.75, 3.05) is 6.61 Å². The van der Waals surface area contributed by atoms with Gasteiger partial charge in [-0.1, -0.05) is 36.4 Å². The second-order valence-corrected chi connectivity index (χ2v) is 4.60. The smallest absolute Gasteiger partial charge is 0.142 e. The molecule has 0 aliphatic heterocycles. The van der Waals surface area contributed by atoms with E-state index < -0.39 is 0 Å². The molecule has 2 aromatic rings. The fourth-order valence-electron chi connectivity index (χ4n) is 2.65. The second kappa shape index (κ2) is 3.97.